The third kappa shape index (κ3) is 3.88. The second-order valence-electron chi connectivity index (χ2n) is 5.87. The number of carbonyl (C=O) groups is 1. The van der Waals surface area contributed by atoms with Crippen LogP contribution in [0.2, 0.25) is 0 Å². The van der Waals surface area contributed by atoms with Crippen LogP contribution in [-0.4, -0.2) is 45.4 Å². The molecule has 0 bridgehead atoms. The van der Waals surface area contributed by atoms with E-state index in [1.165, 1.54) is 13.1 Å². The van der Waals surface area contributed by atoms with Gasteiger partial charge < -0.3 is 10.6 Å². The van der Waals surface area contributed by atoms with Crippen LogP contribution < -0.4 is 10.5 Å². The van der Waals surface area contributed by atoms with Gasteiger partial charge in [-0.2, -0.15) is 0 Å². The molecule has 8 heteroatoms. The maximum absolute atomic E-state index is 13.8. The Morgan fingerprint density at radius 1 is 1.48 bits per heavy atom. The molecule has 3 N–H and O–H groups in total. The van der Waals surface area contributed by atoms with Crippen LogP contribution in [0.4, 0.5) is 4.39 Å². The van der Waals surface area contributed by atoms with E-state index in [-0.39, 0.29) is 23.4 Å². The van der Waals surface area contributed by atoms with Gasteiger partial charge in [0.1, 0.15) is 10.7 Å². The van der Waals surface area contributed by atoms with Gasteiger partial charge in [-0.3, -0.25) is 4.79 Å². The zero-order valence-corrected chi connectivity index (χ0v) is 14.1. The molecule has 0 radical (unpaired) electrons. The Morgan fingerprint density at radius 2 is 2.17 bits per heavy atom. The fraction of sp³-hybridized carbons (Fsp3) is 0.533. The first-order valence-electron chi connectivity index (χ1n) is 7.54. The first kappa shape index (κ1) is 17.8. The van der Waals surface area contributed by atoms with Gasteiger partial charge in [-0.05, 0) is 50.9 Å². The lowest BCUT2D eigenvalue weighted by Crippen LogP contribution is -2.45. The SMILES string of the molecule is CNS(=O)(=O)c1cc(C(=O)N2CCC[C@H]([C@H](C)N)C2)ccc1F. The molecule has 128 valence electrons. The van der Waals surface area contributed by atoms with Gasteiger partial charge in [-0.15, -0.1) is 0 Å². The zero-order chi connectivity index (χ0) is 17.2. The lowest BCUT2D eigenvalue weighted by atomic mass is 9.92. The van der Waals surface area contributed by atoms with E-state index < -0.39 is 20.7 Å². The number of rotatable bonds is 4. The summed E-state index contributed by atoms with van der Waals surface area (Å²) in [4.78, 5) is 13.7. The van der Waals surface area contributed by atoms with E-state index in [9.17, 15) is 17.6 Å². The van der Waals surface area contributed by atoms with Crippen molar-refractivity contribution in [2.45, 2.75) is 30.7 Å². The Hall–Kier alpha value is -1.51. The average molecular weight is 343 g/mol. The highest BCUT2D eigenvalue weighted by Gasteiger charge is 2.27. The number of benzene rings is 1. The topological polar surface area (TPSA) is 92.5 Å². The fourth-order valence-corrected chi connectivity index (χ4v) is 3.59. The normalized spacial score (nSPS) is 20.3. The average Bonchev–Trinajstić information content (AvgIpc) is 2.54. The summed E-state index contributed by atoms with van der Waals surface area (Å²) in [6.07, 6.45) is 1.81. The molecule has 1 aromatic rings. The number of nitrogens with one attached hydrogen (secondary N) is 1. The van der Waals surface area contributed by atoms with Gasteiger partial charge in [-0.1, -0.05) is 0 Å². The van der Waals surface area contributed by atoms with Crippen molar-refractivity contribution >= 4 is 15.9 Å². The minimum Gasteiger partial charge on any atom is -0.338 e. The Bertz CT molecular complexity index is 691. The van der Waals surface area contributed by atoms with Crippen LogP contribution >= 0.6 is 0 Å². The summed E-state index contributed by atoms with van der Waals surface area (Å²) in [6.45, 7) is 3.03. The lowest BCUT2D eigenvalue weighted by Gasteiger charge is -2.34. The van der Waals surface area contributed by atoms with Crippen molar-refractivity contribution in [3.8, 4) is 0 Å². The minimum atomic E-state index is -3.96. The second-order valence-corrected chi connectivity index (χ2v) is 7.72. The van der Waals surface area contributed by atoms with Gasteiger partial charge in [-0.25, -0.2) is 17.5 Å². The molecule has 0 unspecified atom stereocenters. The first-order valence-corrected chi connectivity index (χ1v) is 9.02. The summed E-state index contributed by atoms with van der Waals surface area (Å²) in [7, 11) is -2.76. The summed E-state index contributed by atoms with van der Waals surface area (Å²) in [5.74, 6) is -0.973. The van der Waals surface area contributed by atoms with Gasteiger partial charge >= 0.3 is 0 Å². The summed E-state index contributed by atoms with van der Waals surface area (Å²) in [5.41, 5.74) is 6.07. The van der Waals surface area contributed by atoms with Gasteiger partial charge in [0.15, 0.2) is 0 Å². The number of likely N-dealkylation sites (tertiary alicyclic amines) is 1. The summed E-state index contributed by atoms with van der Waals surface area (Å²) in [5, 5.41) is 0. The number of hydrogen-bond donors (Lipinski definition) is 2. The van der Waals surface area contributed by atoms with Crippen molar-refractivity contribution in [2.24, 2.45) is 11.7 Å². The number of hydrogen-bond acceptors (Lipinski definition) is 4. The maximum atomic E-state index is 13.8. The molecule has 1 aliphatic rings. The molecule has 1 aromatic carbocycles. The highest BCUT2D eigenvalue weighted by Crippen LogP contribution is 2.22. The molecule has 1 heterocycles. The highest BCUT2D eigenvalue weighted by molar-refractivity contribution is 7.89. The fourth-order valence-electron chi connectivity index (χ4n) is 2.76. The molecular weight excluding hydrogens is 321 g/mol. The molecule has 1 amide bonds. The largest absolute Gasteiger partial charge is 0.338 e. The van der Waals surface area contributed by atoms with E-state index in [0.29, 0.717) is 13.1 Å². The minimum absolute atomic E-state index is 0.0148. The molecule has 0 aliphatic carbocycles. The molecule has 2 atom stereocenters. The molecule has 2 rings (SSSR count). The number of nitrogens with two attached hydrogens (primary N) is 1. The Kier molecular flexibility index (Phi) is 5.38. The summed E-state index contributed by atoms with van der Waals surface area (Å²) < 4.78 is 39.5. The molecule has 0 aromatic heterocycles. The van der Waals surface area contributed by atoms with Crippen molar-refractivity contribution in [2.75, 3.05) is 20.1 Å². The number of nitrogens with zero attached hydrogens (tertiary/aromatic N) is 1. The number of piperidine rings is 1. The molecular formula is C15H22FN3O3S. The van der Waals surface area contributed by atoms with E-state index in [4.69, 9.17) is 5.73 Å². The van der Waals surface area contributed by atoms with Crippen LogP contribution in [0.25, 0.3) is 0 Å². The Labute approximate surface area is 135 Å². The predicted octanol–water partition coefficient (Wildman–Crippen LogP) is 0.933. The molecule has 1 aliphatic heterocycles. The van der Waals surface area contributed by atoms with Crippen LogP contribution in [0, 0.1) is 11.7 Å². The van der Waals surface area contributed by atoms with Gasteiger partial charge in [0.05, 0.1) is 0 Å². The van der Waals surface area contributed by atoms with E-state index >= 15 is 0 Å². The Morgan fingerprint density at radius 3 is 2.78 bits per heavy atom. The van der Waals surface area contributed by atoms with Gasteiger partial charge in [0, 0.05) is 24.7 Å². The van der Waals surface area contributed by atoms with Crippen molar-refractivity contribution in [1.82, 2.24) is 9.62 Å². The quantitative estimate of drug-likeness (QED) is 0.851. The van der Waals surface area contributed by atoms with Crippen LogP contribution in [0.15, 0.2) is 23.1 Å². The summed E-state index contributed by atoms with van der Waals surface area (Å²) >= 11 is 0. The summed E-state index contributed by atoms with van der Waals surface area (Å²) in [6, 6.07) is 3.38. The van der Waals surface area contributed by atoms with E-state index in [2.05, 4.69) is 4.72 Å². The van der Waals surface area contributed by atoms with Crippen LogP contribution in [0.5, 0.6) is 0 Å². The number of halogens is 1. The second kappa shape index (κ2) is 6.94. The van der Waals surface area contributed by atoms with E-state index in [0.717, 1.165) is 25.0 Å². The monoisotopic (exact) mass is 343 g/mol. The van der Waals surface area contributed by atoms with Crippen LogP contribution in [0.3, 0.4) is 0 Å². The third-order valence-corrected chi connectivity index (χ3v) is 5.65. The van der Waals surface area contributed by atoms with Crippen LogP contribution in [0.1, 0.15) is 30.1 Å². The molecule has 6 nitrogen and oxygen atoms in total. The lowest BCUT2D eigenvalue weighted by molar-refractivity contribution is 0.0660. The van der Waals surface area contributed by atoms with Crippen molar-refractivity contribution in [1.29, 1.82) is 0 Å². The molecule has 23 heavy (non-hydrogen) atoms. The number of amides is 1. The standard InChI is InChI=1S/C15H22FN3O3S/c1-10(17)12-4-3-7-19(9-12)15(20)11-5-6-13(16)14(8-11)23(21,22)18-2/h5-6,8,10,12,18H,3-4,7,9,17H2,1-2H3/t10-,12-/m0/s1. The van der Waals surface area contributed by atoms with Gasteiger partial charge in [0.2, 0.25) is 10.0 Å². The smallest absolute Gasteiger partial charge is 0.253 e. The van der Waals surface area contributed by atoms with Crippen LogP contribution in [-0.2, 0) is 10.0 Å². The predicted molar refractivity (Wildman–Crippen MR) is 84.9 cm³/mol. The molecule has 0 saturated carbocycles. The number of sulfonamides is 1. The Balaban J connectivity index is 2.28. The third-order valence-electron chi connectivity index (χ3n) is 4.23. The van der Waals surface area contributed by atoms with E-state index in [1.54, 1.807) is 4.90 Å². The van der Waals surface area contributed by atoms with Gasteiger partial charge in [0.25, 0.3) is 5.91 Å². The number of carbonyl (C=O) groups excluding carboxylic acids is 1. The zero-order valence-electron chi connectivity index (χ0n) is 13.3. The molecule has 0 spiro atoms. The van der Waals surface area contributed by atoms with Crippen molar-refractivity contribution in [3.05, 3.63) is 29.6 Å². The maximum Gasteiger partial charge on any atom is 0.253 e. The van der Waals surface area contributed by atoms with Crippen molar-refractivity contribution in [3.63, 3.8) is 0 Å². The molecule has 1 fully saturated rings. The molecule has 1 saturated heterocycles. The van der Waals surface area contributed by atoms with Crippen molar-refractivity contribution < 1.29 is 17.6 Å². The first-order chi connectivity index (χ1) is 10.8. The highest BCUT2D eigenvalue weighted by atomic mass is 32.2. The van der Waals surface area contributed by atoms with E-state index in [1.807, 2.05) is 6.92 Å².